The Balaban J connectivity index is 2.04. The van der Waals surface area contributed by atoms with Crippen LogP contribution in [0.1, 0.15) is 10.4 Å². The maximum atomic E-state index is 11.8. The van der Waals surface area contributed by atoms with Crippen LogP contribution in [0.25, 0.3) is 0 Å². The van der Waals surface area contributed by atoms with Crippen molar-refractivity contribution in [2.75, 3.05) is 31.6 Å². The third kappa shape index (κ3) is 3.60. The summed E-state index contributed by atoms with van der Waals surface area (Å²) in [7, 11) is 0. The zero-order valence-corrected chi connectivity index (χ0v) is 11.3. The van der Waals surface area contributed by atoms with Crippen molar-refractivity contribution in [2.24, 2.45) is 0 Å². The number of anilines is 1. The van der Waals surface area contributed by atoms with E-state index in [2.05, 4.69) is 10.7 Å². The molecule has 0 unspecified atom stereocenters. The molecule has 3 N–H and O–H groups in total. The molecule has 0 saturated carbocycles. The number of carboxylic acid groups (broad SMARTS) is 1. The van der Waals surface area contributed by atoms with Gasteiger partial charge in [0.15, 0.2) is 0 Å². The minimum atomic E-state index is -1.20. The number of carboxylic acids is 1. The van der Waals surface area contributed by atoms with E-state index >= 15 is 0 Å². The molecule has 0 aliphatic carbocycles. The summed E-state index contributed by atoms with van der Waals surface area (Å²) >= 11 is 5.82. The van der Waals surface area contributed by atoms with Crippen molar-refractivity contribution in [1.82, 2.24) is 10.4 Å². The second kappa shape index (κ2) is 6.56. The molecular weight excluding hydrogens is 286 g/mol. The van der Waals surface area contributed by atoms with Crippen LogP contribution in [0.3, 0.4) is 0 Å². The Morgan fingerprint density at radius 1 is 1.30 bits per heavy atom. The van der Waals surface area contributed by atoms with Gasteiger partial charge in [0.05, 0.1) is 23.9 Å². The summed E-state index contributed by atoms with van der Waals surface area (Å²) in [5, 5.41) is 13.3. The van der Waals surface area contributed by atoms with Gasteiger partial charge in [0, 0.05) is 13.1 Å². The first-order chi connectivity index (χ1) is 9.58. The van der Waals surface area contributed by atoms with Crippen LogP contribution in [0.2, 0.25) is 5.02 Å². The van der Waals surface area contributed by atoms with Gasteiger partial charge < -0.3 is 15.2 Å². The second-order valence-electron chi connectivity index (χ2n) is 4.13. The lowest BCUT2D eigenvalue weighted by Crippen LogP contribution is -2.49. The Morgan fingerprint density at radius 2 is 2.00 bits per heavy atom. The number of aromatic carboxylic acids is 1. The molecule has 0 radical (unpaired) electrons. The summed E-state index contributed by atoms with van der Waals surface area (Å²) in [5.41, 5.74) is 2.64. The lowest BCUT2D eigenvalue weighted by atomic mass is 10.2. The lowest BCUT2D eigenvalue weighted by molar-refractivity contribution is 0.0207. The molecule has 1 aromatic carbocycles. The number of rotatable bonds is 3. The van der Waals surface area contributed by atoms with E-state index in [1.165, 1.54) is 12.1 Å². The molecule has 0 bridgehead atoms. The average molecular weight is 300 g/mol. The van der Waals surface area contributed by atoms with E-state index in [9.17, 15) is 9.59 Å². The minimum Gasteiger partial charge on any atom is -0.478 e. The predicted molar refractivity (Wildman–Crippen MR) is 73.0 cm³/mol. The minimum absolute atomic E-state index is 0.0710. The van der Waals surface area contributed by atoms with Crippen molar-refractivity contribution < 1.29 is 19.4 Å². The molecule has 2 rings (SSSR count). The normalized spacial score (nSPS) is 15.7. The number of ether oxygens (including phenoxy) is 1. The molecule has 7 nitrogen and oxygen atoms in total. The molecule has 8 heteroatoms. The molecule has 108 valence electrons. The van der Waals surface area contributed by atoms with E-state index in [0.29, 0.717) is 26.3 Å². The summed E-state index contributed by atoms with van der Waals surface area (Å²) in [4.78, 5) is 23.0. The number of hydrazine groups is 1. The standard InChI is InChI=1S/C12H14ClN3O4/c13-8-2-1-3-9(10(8)11(17)18)14-12(19)15-16-4-6-20-7-5-16/h1-3H,4-7H2,(H,17,18)(H2,14,15,19). The Hall–Kier alpha value is -1.83. The van der Waals surface area contributed by atoms with Gasteiger partial charge in [-0.3, -0.25) is 5.43 Å². The monoisotopic (exact) mass is 299 g/mol. The first-order valence-corrected chi connectivity index (χ1v) is 6.38. The van der Waals surface area contributed by atoms with Gasteiger partial charge in [-0.1, -0.05) is 17.7 Å². The van der Waals surface area contributed by atoms with Crippen LogP contribution >= 0.6 is 11.6 Å². The predicted octanol–water partition coefficient (Wildman–Crippen LogP) is 1.41. The van der Waals surface area contributed by atoms with E-state index in [0.717, 1.165) is 0 Å². The second-order valence-corrected chi connectivity index (χ2v) is 4.54. The third-order valence-electron chi connectivity index (χ3n) is 2.75. The van der Waals surface area contributed by atoms with Gasteiger partial charge >= 0.3 is 12.0 Å². The van der Waals surface area contributed by atoms with Gasteiger partial charge in [-0.25, -0.2) is 14.6 Å². The van der Waals surface area contributed by atoms with Crippen LogP contribution in [-0.4, -0.2) is 48.4 Å². The van der Waals surface area contributed by atoms with Crippen molar-refractivity contribution in [2.45, 2.75) is 0 Å². The fraction of sp³-hybridized carbons (Fsp3) is 0.333. The molecule has 1 aromatic rings. The van der Waals surface area contributed by atoms with Gasteiger partial charge in [-0.05, 0) is 12.1 Å². The summed E-state index contributed by atoms with van der Waals surface area (Å²) in [6.07, 6.45) is 0. The molecule has 0 aromatic heterocycles. The fourth-order valence-electron chi connectivity index (χ4n) is 1.81. The molecule has 1 aliphatic heterocycles. The summed E-state index contributed by atoms with van der Waals surface area (Å²) < 4.78 is 5.16. The smallest absolute Gasteiger partial charge is 0.339 e. The fourth-order valence-corrected chi connectivity index (χ4v) is 2.07. The maximum absolute atomic E-state index is 11.8. The number of nitrogens with zero attached hydrogens (tertiary/aromatic N) is 1. The van der Waals surface area contributed by atoms with Crippen molar-refractivity contribution in [1.29, 1.82) is 0 Å². The number of carbonyl (C=O) groups is 2. The highest BCUT2D eigenvalue weighted by molar-refractivity contribution is 6.34. The average Bonchev–Trinajstić information content (AvgIpc) is 2.39. The molecule has 0 atom stereocenters. The van der Waals surface area contributed by atoms with Gasteiger partial charge in [0.1, 0.15) is 5.56 Å². The van der Waals surface area contributed by atoms with Crippen LogP contribution in [0.5, 0.6) is 0 Å². The van der Waals surface area contributed by atoms with E-state index < -0.39 is 12.0 Å². The number of carbonyl (C=O) groups excluding carboxylic acids is 1. The number of hydrogen-bond acceptors (Lipinski definition) is 4. The Kier molecular flexibility index (Phi) is 4.78. The highest BCUT2D eigenvalue weighted by atomic mass is 35.5. The zero-order chi connectivity index (χ0) is 14.5. The number of benzene rings is 1. The number of morpholine rings is 1. The summed E-state index contributed by atoms with van der Waals surface area (Å²) in [5.74, 6) is -1.20. The van der Waals surface area contributed by atoms with Crippen molar-refractivity contribution in [3.8, 4) is 0 Å². The van der Waals surface area contributed by atoms with Crippen LogP contribution in [-0.2, 0) is 4.74 Å². The van der Waals surface area contributed by atoms with Crippen LogP contribution in [0.4, 0.5) is 10.5 Å². The van der Waals surface area contributed by atoms with Crippen molar-refractivity contribution in [3.05, 3.63) is 28.8 Å². The first-order valence-electron chi connectivity index (χ1n) is 6.00. The van der Waals surface area contributed by atoms with Gasteiger partial charge in [-0.15, -0.1) is 0 Å². The quantitative estimate of drug-likeness (QED) is 0.785. The van der Waals surface area contributed by atoms with E-state index in [-0.39, 0.29) is 16.3 Å². The molecule has 1 fully saturated rings. The lowest BCUT2D eigenvalue weighted by Gasteiger charge is -2.27. The Labute approximate surface area is 120 Å². The number of nitrogens with one attached hydrogen (secondary N) is 2. The van der Waals surface area contributed by atoms with Crippen LogP contribution in [0.15, 0.2) is 18.2 Å². The first kappa shape index (κ1) is 14.6. The largest absolute Gasteiger partial charge is 0.478 e. The van der Waals surface area contributed by atoms with Crippen molar-refractivity contribution in [3.63, 3.8) is 0 Å². The molecule has 20 heavy (non-hydrogen) atoms. The number of halogens is 1. The molecule has 0 spiro atoms. The van der Waals surface area contributed by atoms with Crippen LogP contribution in [0, 0.1) is 0 Å². The summed E-state index contributed by atoms with van der Waals surface area (Å²) in [6.45, 7) is 2.24. The summed E-state index contributed by atoms with van der Waals surface area (Å²) in [6, 6.07) is 3.99. The Bertz CT molecular complexity index is 517. The molecule has 1 saturated heterocycles. The topological polar surface area (TPSA) is 90.9 Å². The van der Waals surface area contributed by atoms with Crippen LogP contribution < -0.4 is 10.7 Å². The van der Waals surface area contributed by atoms with Gasteiger partial charge in [0.2, 0.25) is 0 Å². The molecular formula is C12H14ClN3O4. The van der Waals surface area contributed by atoms with E-state index in [1.807, 2.05) is 0 Å². The number of hydrogen-bond donors (Lipinski definition) is 3. The number of amides is 2. The number of urea groups is 1. The van der Waals surface area contributed by atoms with Gasteiger partial charge in [0.25, 0.3) is 0 Å². The Morgan fingerprint density at radius 3 is 2.65 bits per heavy atom. The van der Waals surface area contributed by atoms with Gasteiger partial charge in [-0.2, -0.15) is 0 Å². The highest BCUT2D eigenvalue weighted by Gasteiger charge is 2.18. The third-order valence-corrected chi connectivity index (χ3v) is 3.06. The SMILES string of the molecule is O=C(Nc1cccc(Cl)c1C(=O)O)NN1CCOCC1. The highest BCUT2D eigenvalue weighted by Crippen LogP contribution is 2.24. The molecule has 2 amide bonds. The molecule has 1 heterocycles. The molecule has 1 aliphatic rings. The maximum Gasteiger partial charge on any atom is 0.339 e. The zero-order valence-electron chi connectivity index (χ0n) is 10.6. The van der Waals surface area contributed by atoms with E-state index in [1.54, 1.807) is 11.1 Å². The van der Waals surface area contributed by atoms with Crippen molar-refractivity contribution >= 4 is 29.3 Å². The van der Waals surface area contributed by atoms with E-state index in [4.69, 9.17) is 21.4 Å².